The van der Waals surface area contributed by atoms with Crippen LogP contribution in [0.2, 0.25) is 0 Å². The lowest BCUT2D eigenvalue weighted by molar-refractivity contribution is 0.0701. The Balaban J connectivity index is 1.80. The summed E-state index contributed by atoms with van der Waals surface area (Å²) in [5, 5.41) is 12.5. The lowest BCUT2D eigenvalue weighted by Gasteiger charge is -2.43. The van der Waals surface area contributed by atoms with Gasteiger partial charge in [-0.1, -0.05) is 54.6 Å². The van der Waals surface area contributed by atoms with Crippen LogP contribution in [0.25, 0.3) is 0 Å². The molecular weight excluding hydrogens is 406 g/mol. The maximum absolute atomic E-state index is 13.3. The van der Waals surface area contributed by atoms with Crippen LogP contribution in [0.3, 0.4) is 0 Å². The maximum Gasteiger partial charge on any atom is 0.278 e. The first kappa shape index (κ1) is 19.9. The predicted octanol–water partition coefficient (Wildman–Crippen LogP) is 3.03. The van der Waals surface area contributed by atoms with Crippen molar-refractivity contribution in [2.45, 2.75) is 13.0 Å². The highest BCUT2D eigenvalue weighted by atomic mass is 16.5. The zero-order valence-corrected chi connectivity index (χ0v) is 17.6. The summed E-state index contributed by atoms with van der Waals surface area (Å²) >= 11 is 0. The number of benzene rings is 2. The smallest absolute Gasteiger partial charge is 0.278 e. The number of aromatic hydroxyl groups is 1. The van der Waals surface area contributed by atoms with Crippen molar-refractivity contribution >= 4 is 5.91 Å². The molecule has 0 aliphatic carbocycles. The zero-order valence-electron chi connectivity index (χ0n) is 17.6. The Morgan fingerprint density at radius 1 is 1.00 bits per heavy atom. The third kappa shape index (κ3) is 3.32. The van der Waals surface area contributed by atoms with Crippen molar-refractivity contribution in [1.29, 1.82) is 0 Å². The van der Waals surface area contributed by atoms with E-state index in [2.05, 4.69) is 0 Å². The van der Waals surface area contributed by atoms with E-state index < -0.39 is 11.2 Å². The minimum atomic E-state index is -0.581. The van der Waals surface area contributed by atoms with Crippen molar-refractivity contribution in [3.05, 3.63) is 106 Å². The van der Waals surface area contributed by atoms with Crippen molar-refractivity contribution in [1.82, 2.24) is 9.58 Å². The maximum atomic E-state index is 13.3. The Kier molecular flexibility index (Phi) is 4.93. The van der Waals surface area contributed by atoms with Crippen LogP contribution in [0.4, 0.5) is 0 Å². The van der Waals surface area contributed by atoms with Gasteiger partial charge in [0.25, 0.3) is 5.91 Å². The number of aromatic nitrogens is 1. The second-order valence-corrected chi connectivity index (χ2v) is 8.02. The highest BCUT2D eigenvalue weighted by Crippen LogP contribution is 2.37. The number of hydrogen-bond acceptors (Lipinski definition) is 5. The van der Waals surface area contributed by atoms with Gasteiger partial charge in [-0.25, -0.2) is 0 Å². The lowest BCUT2D eigenvalue weighted by Crippen LogP contribution is -2.55. The molecule has 2 aliphatic rings. The highest BCUT2D eigenvalue weighted by Gasteiger charge is 2.37. The first-order chi connectivity index (χ1) is 15.5. The van der Waals surface area contributed by atoms with E-state index in [9.17, 15) is 14.7 Å². The van der Waals surface area contributed by atoms with Gasteiger partial charge in [0.05, 0.1) is 0 Å². The number of nitrogens with zero attached hydrogens (tertiary/aromatic N) is 3. The Bertz CT molecular complexity index is 1270. The molecule has 0 saturated carbocycles. The van der Waals surface area contributed by atoms with Crippen LogP contribution in [0.15, 0.2) is 83.3 Å². The molecule has 2 aliphatic heterocycles. The van der Waals surface area contributed by atoms with Gasteiger partial charge in [-0.3, -0.25) is 19.3 Å². The fourth-order valence-electron chi connectivity index (χ4n) is 4.24. The van der Waals surface area contributed by atoms with Gasteiger partial charge < -0.3 is 14.7 Å². The van der Waals surface area contributed by atoms with Gasteiger partial charge in [-0.05, 0) is 24.1 Å². The number of carbonyl (C=O) groups is 1. The molecule has 162 valence electrons. The molecule has 1 atom stereocenters. The van der Waals surface area contributed by atoms with Gasteiger partial charge in [-0.15, -0.1) is 0 Å². The molecule has 1 aromatic heterocycles. The monoisotopic (exact) mass is 429 g/mol. The lowest BCUT2D eigenvalue weighted by atomic mass is 9.97. The number of hydrogen-bond donors (Lipinski definition) is 1. The van der Waals surface area contributed by atoms with Crippen molar-refractivity contribution < 1.29 is 14.6 Å². The molecule has 1 amide bonds. The Labute approximate surface area is 185 Å². The van der Waals surface area contributed by atoms with Gasteiger partial charge in [-0.2, -0.15) is 0 Å². The Hall–Kier alpha value is -4.00. The third-order valence-electron chi connectivity index (χ3n) is 5.88. The van der Waals surface area contributed by atoms with Crippen LogP contribution < -0.4 is 15.2 Å². The molecule has 1 N–H and O–H groups in total. The number of rotatable bonds is 1. The van der Waals surface area contributed by atoms with Crippen molar-refractivity contribution in [3.63, 3.8) is 0 Å². The third-order valence-corrected chi connectivity index (χ3v) is 5.88. The zero-order chi connectivity index (χ0) is 22.2. The van der Waals surface area contributed by atoms with E-state index in [1.165, 1.54) is 6.07 Å². The van der Waals surface area contributed by atoms with Crippen molar-refractivity contribution in [3.8, 4) is 11.5 Å². The van der Waals surface area contributed by atoms with Crippen molar-refractivity contribution in [2.24, 2.45) is 0 Å². The number of para-hydroxylation sites is 1. The second-order valence-electron chi connectivity index (χ2n) is 8.02. The molecule has 5 rings (SSSR count). The molecule has 7 heteroatoms. The fourth-order valence-corrected chi connectivity index (χ4v) is 4.24. The summed E-state index contributed by atoms with van der Waals surface area (Å²) in [5.41, 5.74) is 2.28. The number of carbonyl (C=O) groups excluding carboxylic acids is 1. The molecule has 3 heterocycles. The highest BCUT2D eigenvalue weighted by molar-refractivity contribution is 5.96. The molecule has 0 unspecified atom stereocenters. The Morgan fingerprint density at radius 3 is 2.56 bits per heavy atom. The van der Waals surface area contributed by atoms with Gasteiger partial charge >= 0.3 is 0 Å². The van der Waals surface area contributed by atoms with Gasteiger partial charge in [0.2, 0.25) is 5.43 Å². The average molecular weight is 429 g/mol. The van der Waals surface area contributed by atoms with Crippen LogP contribution >= 0.6 is 0 Å². The molecule has 3 aromatic rings. The summed E-state index contributed by atoms with van der Waals surface area (Å²) in [7, 11) is 0. The number of fused-ring (bicyclic) bond motifs is 5. The first-order valence-electron chi connectivity index (χ1n) is 10.5. The van der Waals surface area contributed by atoms with Gasteiger partial charge in [0.15, 0.2) is 11.4 Å². The summed E-state index contributed by atoms with van der Waals surface area (Å²) in [6.45, 7) is 2.96. The predicted molar refractivity (Wildman–Crippen MR) is 120 cm³/mol. The average Bonchev–Trinajstić information content (AvgIpc) is 2.83. The van der Waals surface area contributed by atoms with Crippen LogP contribution in [0, 0.1) is 0 Å². The summed E-state index contributed by atoms with van der Waals surface area (Å²) in [6, 6.07) is 18.7. The van der Waals surface area contributed by atoms with E-state index in [4.69, 9.17) is 4.74 Å². The molecule has 2 bridgehead atoms. The summed E-state index contributed by atoms with van der Waals surface area (Å²) < 4.78 is 7.78. The number of amides is 1. The van der Waals surface area contributed by atoms with E-state index in [0.717, 1.165) is 22.4 Å². The van der Waals surface area contributed by atoms with Gasteiger partial charge in [0.1, 0.15) is 25.1 Å². The standard InChI is InChI=1S/C25H23N3O4/c1-17-11-13-26-16-28(27-14-12-20(29)24(30)23(27)25(26)31)22(18-7-3-2-4-8-18)19-9-5-6-10-21(19)32-15-17/h2-12,14,22,30H,13,15-16H2,1H3/b17-11-/t22-/m0/s1. The summed E-state index contributed by atoms with van der Waals surface area (Å²) in [5.74, 6) is -0.189. The van der Waals surface area contributed by atoms with Crippen molar-refractivity contribution in [2.75, 3.05) is 24.8 Å². The summed E-state index contributed by atoms with van der Waals surface area (Å²) in [4.78, 5) is 27.1. The molecular formula is C25H23N3O4. The minimum Gasteiger partial charge on any atom is -0.502 e. The number of pyridine rings is 1. The molecule has 0 fully saturated rings. The topological polar surface area (TPSA) is 75.0 Å². The van der Waals surface area contributed by atoms with E-state index in [1.807, 2.05) is 72.6 Å². The molecule has 0 radical (unpaired) electrons. The molecule has 32 heavy (non-hydrogen) atoms. The van der Waals surface area contributed by atoms with E-state index in [1.54, 1.807) is 15.8 Å². The minimum absolute atomic E-state index is 0.0339. The molecule has 0 spiro atoms. The van der Waals surface area contributed by atoms with Crippen LogP contribution in [-0.2, 0) is 0 Å². The molecule has 7 nitrogen and oxygen atoms in total. The largest absolute Gasteiger partial charge is 0.502 e. The fraction of sp³-hybridized carbons (Fsp3) is 0.200. The van der Waals surface area contributed by atoms with E-state index >= 15 is 0 Å². The van der Waals surface area contributed by atoms with Crippen LogP contribution in [0.1, 0.15) is 34.6 Å². The Morgan fingerprint density at radius 2 is 1.75 bits per heavy atom. The van der Waals surface area contributed by atoms with E-state index in [0.29, 0.717) is 13.2 Å². The quantitative estimate of drug-likeness (QED) is 0.602. The van der Waals surface area contributed by atoms with E-state index in [-0.39, 0.29) is 24.3 Å². The van der Waals surface area contributed by atoms with Crippen LogP contribution in [-0.4, -0.2) is 40.4 Å². The first-order valence-corrected chi connectivity index (χ1v) is 10.5. The SMILES string of the molecule is C/C1=C/CN2CN([C@@H](c3ccccc3)c3ccccc3OC1)n1ccc(=O)c(O)c1C2=O. The number of ether oxygens (including phenoxy) is 1. The molecule has 2 aromatic carbocycles. The molecule has 0 saturated heterocycles. The summed E-state index contributed by atoms with van der Waals surface area (Å²) in [6.07, 6.45) is 3.49. The second kappa shape index (κ2) is 7.92. The van der Waals surface area contributed by atoms with Gasteiger partial charge in [0, 0.05) is 24.4 Å². The normalized spacial score (nSPS) is 19.7. The van der Waals surface area contributed by atoms with Crippen LogP contribution in [0.5, 0.6) is 11.5 Å².